The van der Waals surface area contributed by atoms with Gasteiger partial charge in [-0.2, -0.15) is 5.26 Å². The van der Waals surface area contributed by atoms with Crippen LogP contribution >= 0.6 is 0 Å². The average molecular weight is 465 g/mol. The number of hydrogen-bond acceptors (Lipinski definition) is 7. The van der Waals surface area contributed by atoms with Crippen molar-refractivity contribution in [3.63, 3.8) is 0 Å². The molecule has 0 spiro atoms. The molecule has 1 atom stereocenters. The molecule has 0 unspecified atom stereocenters. The summed E-state index contributed by atoms with van der Waals surface area (Å²) in [6, 6.07) is 17.2. The molecule has 0 fully saturated rings. The molecule has 3 rings (SSSR count). The highest BCUT2D eigenvalue weighted by atomic mass is 16.5. The number of aliphatic hydroxyl groups excluding tert-OH is 1. The number of aromatic nitrogens is 1. The summed E-state index contributed by atoms with van der Waals surface area (Å²) in [6.07, 6.45) is -0.798. The molecule has 4 N–H and O–H groups in total. The highest BCUT2D eigenvalue weighted by Gasteiger charge is 2.20. The number of amides is 1. The van der Waals surface area contributed by atoms with Crippen LogP contribution in [0.3, 0.4) is 0 Å². The molecule has 0 saturated carbocycles. The van der Waals surface area contributed by atoms with Crippen molar-refractivity contribution in [3.8, 4) is 17.6 Å². The van der Waals surface area contributed by atoms with Gasteiger partial charge in [0, 0.05) is 35.6 Å². The van der Waals surface area contributed by atoms with Gasteiger partial charge in [0.15, 0.2) is 6.61 Å². The molecule has 178 valence electrons. The van der Waals surface area contributed by atoms with E-state index in [4.69, 9.17) is 14.7 Å². The number of nitrogens with zero attached hydrogens (tertiary/aromatic N) is 1. The third-order valence-electron chi connectivity index (χ3n) is 5.05. The van der Waals surface area contributed by atoms with Crippen molar-refractivity contribution < 1.29 is 19.4 Å². The zero-order valence-corrected chi connectivity index (χ0v) is 19.1. The Balaban J connectivity index is 1.39. The fraction of sp³-hybridized carbons (Fsp3) is 0.320. The van der Waals surface area contributed by atoms with Gasteiger partial charge in [-0.3, -0.25) is 9.59 Å². The first-order valence-corrected chi connectivity index (χ1v) is 10.8. The van der Waals surface area contributed by atoms with Gasteiger partial charge >= 0.3 is 0 Å². The van der Waals surface area contributed by atoms with E-state index in [1.165, 1.54) is 6.07 Å². The zero-order chi connectivity index (χ0) is 24.6. The first-order valence-electron chi connectivity index (χ1n) is 10.8. The maximum Gasteiger partial charge on any atom is 0.258 e. The van der Waals surface area contributed by atoms with E-state index in [0.717, 1.165) is 5.39 Å². The number of hydrogen-bond donors (Lipinski definition) is 4. The van der Waals surface area contributed by atoms with Gasteiger partial charge < -0.3 is 30.2 Å². The molecular formula is C25H28N4O5. The van der Waals surface area contributed by atoms with Crippen molar-refractivity contribution in [3.05, 3.63) is 70.5 Å². The van der Waals surface area contributed by atoms with Gasteiger partial charge in [-0.05, 0) is 50.2 Å². The minimum Gasteiger partial charge on any atom is -0.489 e. The van der Waals surface area contributed by atoms with Crippen molar-refractivity contribution in [2.24, 2.45) is 0 Å². The summed E-state index contributed by atoms with van der Waals surface area (Å²) < 4.78 is 11.1. The molecule has 0 saturated heterocycles. The zero-order valence-electron chi connectivity index (χ0n) is 19.1. The van der Waals surface area contributed by atoms with Crippen LogP contribution in [0, 0.1) is 11.3 Å². The number of rotatable bonds is 11. The third-order valence-corrected chi connectivity index (χ3v) is 5.05. The van der Waals surface area contributed by atoms with E-state index in [0.29, 0.717) is 29.1 Å². The predicted octanol–water partition coefficient (Wildman–Crippen LogP) is 1.70. The molecule has 1 heterocycles. The molecule has 3 aromatic rings. The monoisotopic (exact) mass is 464 g/mol. The highest BCUT2D eigenvalue weighted by Crippen LogP contribution is 2.18. The first-order chi connectivity index (χ1) is 16.3. The summed E-state index contributed by atoms with van der Waals surface area (Å²) in [5.74, 6) is 0.664. The minimum absolute atomic E-state index is 0.0294. The minimum atomic E-state index is -0.798. The van der Waals surface area contributed by atoms with Crippen LogP contribution in [-0.2, 0) is 4.79 Å². The lowest BCUT2D eigenvalue weighted by Crippen LogP contribution is -2.52. The van der Waals surface area contributed by atoms with Crippen LogP contribution in [0.2, 0.25) is 0 Å². The number of nitriles is 1. The predicted molar refractivity (Wildman–Crippen MR) is 128 cm³/mol. The summed E-state index contributed by atoms with van der Waals surface area (Å²) in [6.45, 7) is 4.24. The maximum absolute atomic E-state index is 12.2. The Morgan fingerprint density at radius 3 is 2.76 bits per heavy atom. The molecular weight excluding hydrogens is 436 g/mol. The first kappa shape index (κ1) is 24.8. The van der Waals surface area contributed by atoms with E-state index in [-0.39, 0.29) is 31.2 Å². The number of benzene rings is 2. The summed E-state index contributed by atoms with van der Waals surface area (Å²) in [5, 5.41) is 26.1. The Morgan fingerprint density at radius 1 is 1.18 bits per heavy atom. The number of ether oxygens (including phenoxy) is 2. The van der Waals surface area contributed by atoms with Crippen LogP contribution in [0.25, 0.3) is 10.9 Å². The number of pyridine rings is 1. The summed E-state index contributed by atoms with van der Waals surface area (Å²) >= 11 is 0. The third kappa shape index (κ3) is 7.33. The molecule has 1 amide bonds. The fourth-order valence-corrected chi connectivity index (χ4v) is 3.13. The largest absolute Gasteiger partial charge is 0.489 e. The lowest BCUT2D eigenvalue weighted by Gasteiger charge is -2.28. The lowest BCUT2D eigenvalue weighted by atomic mass is 10.1. The summed E-state index contributed by atoms with van der Waals surface area (Å²) in [4.78, 5) is 26.3. The SMILES string of the molecule is CC(C)(CNC(=O)COc1ccc2[nH]c(=O)ccc2c1)NC[C@H](O)COc1ccccc1C#N. The van der Waals surface area contributed by atoms with E-state index in [2.05, 4.69) is 15.6 Å². The number of carbonyl (C=O) groups is 1. The summed E-state index contributed by atoms with van der Waals surface area (Å²) in [5.41, 5.74) is 0.433. The Labute approximate surface area is 197 Å². The molecule has 0 aliphatic heterocycles. The van der Waals surface area contributed by atoms with Crippen LogP contribution < -0.4 is 25.7 Å². The molecule has 9 heteroatoms. The van der Waals surface area contributed by atoms with Crippen molar-refractivity contribution in [2.75, 3.05) is 26.3 Å². The molecule has 9 nitrogen and oxygen atoms in total. The number of aliphatic hydroxyl groups is 1. The molecule has 0 aliphatic rings. The number of β-amino-alcohol motifs (C(OH)–C–C–N with tert-alkyl or cyclic N) is 1. The molecule has 0 aliphatic carbocycles. The standard InChI is InChI=1S/C25H28N4O5/c1-25(2,28-13-19(30)14-34-22-6-4-3-5-18(22)12-26)16-27-24(32)15-33-20-8-9-21-17(11-20)7-10-23(31)29-21/h3-11,19,28,30H,13-16H2,1-2H3,(H,27,32)(H,29,31)/t19-/m0/s1. The summed E-state index contributed by atoms with van der Waals surface area (Å²) in [7, 11) is 0. The number of aromatic amines is 1. The topological polar surface area (TPSA) is 136 Å². The highest BCUT2D eigenvalue weighted by molar-refractivity contribution is 5.80. The van der Waals surface area contributed by atoms with E-state index >= 15 is 0 Å². The number of nitrogens with one attached hydrogen (secondary N) is 3. The Kier molecular flexibility index (Phi) is 8.24. The lowest BCUT2D eigenvalue weighted by molar-refractivity contribution is -0.123. The number of fused-ring (bicyclic) bond motifs is 1. The Hall–Kier alpha value is -3.87. The van der Waals surface area contributed by atoms with Crippen LogP contribution in [-0.4, -0.2) is 53.9 Å². The smallest absolute Gasteiger partial charge is 0.258 e. The molecule has 34 heavy (non-hydrogen) atoms. The van der Waals surface area contributed by atoms with Gasteiger partial charge in [0.2, 0.25) is 5.56 Å². The van der Waals surface area contributed by atoms with Crippen LogP contribution in [0.5, 0.6) is 11.5 Å². The Morgan fingerprint density at radius 2 is 1.97 bits per heavy atom. The van der Waals surface area contributed by atoms with E-state index in [1.807, 2.05) is 19.9 Å². The average Bonchev–Trinajstić information content (AvgIpc) is 2.84. The van der Waals surface area contributed by atoms with Gasteiger partial charge in [0.05, 0.1) is 5.56 Å². The van der Waals surface area contributed by atoms with Gasteiger partial charge in [-0.25, -0.2) is 0 Å². The number of carbonyl (C=O) groups excluding carboxylic acids is 1. The molecule has 0 radical (unpaired) electrons. The van der Waals surface area contributed by atoms with Crippen molar-refractivity contribution in [1.29, 1.82) is 5.26 Å². The van der Waals surface area contributed by atoms with E-state index in [9.17, 15) is 14.7 Å². The second-order valence-corrected chi connectivity index (χ2v) is 8.47. The van der Waals surface area contributed by atoms with Crippen molar-refractivity contribution in [2.45, 2.75) is 25.5 Å². The normalized spacial score (nSPS) is 12.1. The quantitative estimate of drug-likeness (QED) is 0.339. The van der Waals surface area contributed by atoms with Crippen LogP contribution in [0.15, 0.2) is 59.4 Å². The van der Waals surface area contributed by atoms with Gasteiger partial charge in [-0.15, -0.1) is 0 Å². The van der Waals surface area contributed by atoms with Gasteiger partial charge in [-0.1, -0.05) is 12.1 Å². The Bertz CT molecular complexity index is 1230. The molecule has 1 aromatic heterocycles. The molecule has 0 bridgehead atoms. The van der Waals surface area contributed by atoms with Crippen LogP contribution in [0.4, 0.5) is 0 Å². The fourth-order valence-electron chi connectivity index (χ4n) is 3.13. The maximum atomic E-state index is 12.2. The molecule has 2 aromatic carbocycles. The van der Waals surface area contributed by atoms with E-state index in [1.54, 1.807) is 48.5 Å². The second-order valence-electron chi connectivity index (χ2n) is 8.47. The number of H-pyrrole nitrogens is 1. The van der Waals surface area contributed by atoms with Gasteiger partial charge in [0.25, 0.3) is 5.91 Å². The van der Waals surface area contributed by atoms with Gasteiger partial charge in [0.1, 0.15) is 30.3 Å². The van der Waals surface area contributed by atoms with Crippen LogP contribution in [0.1, 0.15) is 19.4 Å². The number of para-hydroxylation sites is 1. The van der Waals surface area contributed by atoms with Crippen molar-refractivity contribution in [1.82, 2.24) is 15.6 Å². The second kappa shape index (κ2) is 11.3. The van der Waals surface area contributed by atoms with E-state index < -0.39 is 11.6 Å². The van der Waals surface area contributed by atoms with Crippen molar-refractivity contribution >= 4 is 16.8 Å².